The molecule has 1 saturated carbocycles. The van der Waals surface area contributed by atoms with Gasteiger partial charge in [0.05, 0.1) is 7.11 Å². The number of carbonyl (C=O) groups excluding carboxylic acids is 2. The Hall–Kier alpha value is -1.32. The van der Waals surface area contributed by atoms with E-state index < -0.39 is 6.04 Å². The van der Waals surface area contributed by atoms with Crippen molar-refractivity contribution in [2.24, 2.45) is 17.8 Å². The lowest BCUT2D eigenvalue weighted by Crippen LogP contribution is -2.44. The van der Waals surface area contributed by atoms with E-state index in [0.29, 0.717) is 11.8 Å². The standard InChI is InChI=1S/C13H19NO3/c1-8(13(16)17-3)14(2)12(15)11-7-9-4-5-10(11)6-9/h4-5,8-11H,6-7H2,1-3H3/t8-,9-,10+,11+/m0/s1. The molecule has 4 nitrogen and oxygen atoms in total. The van der Waals surface area contributed by atoms with Crippen LogP contribution in [0.2, 0.25) is 0 Å². The molecule has 4 atom stereocenters. The topological polar surface area (TPSA) is 46.6 Å². The van der Waals surface area contributed by atoms with E-state index in [9.17, 15) is 9.59 Å². The summed E-state index contributed by atoms with van der Waals surface area (Å²) in [6, 6.07) is -0.504. The van der Waals surface area contributed by atoms with Gasteiger partial charge in [0.25, 0.3) is 0 Å². The van der Waals surface area contributed by atoms with Crippen LogP contribution in [-0.2, 0) is 14.3 Å². The monoisotopic (exact) mass is 237 g/mol. The molecule has 17 heavy (non-hydrogen) atoms. The smallest absolute Gasteiger partial charge is 0.328 e. The number of fused-ring (bicyclic) bond motifs is 2. The molecule has 0 unspecified atom stereocenters. The molecule has 0 saturated heterocycles. The van der Waals surface area contributed by atoms with E-state index in [1.165, 1.54) is 12.0 Å². The van der Waals surface area contributed by atoms with E-state index in [1.54, 1.807) is 14.0 Å². The minimum atomic E-state index is -0.504. The van der Waals surface area contributed by atoms with Gasteiger partial charge in [-0.15, -0.1) is 0 Å². The molecule has 0 spiro atoms. The highest BCUT2D eigenvalue weighted by molar-refractivity contribution is 5.86. The number of allylic oxidation sites excluding steroid dienone is 2. The van der Waals surface area contributed by atoms with Gasteiger partial charge >= 0.3 is 5.97 Å². The third-order valence-electron chi connectivity index (χ3n) is 4.07. The molecular formula is C13H19NO3. The molecule has 1 fully saturated rings. The van der Waals surface area contributed by atoms with E-state index in [0.717, 1.165) is 12.8 Å². The minimum Gasteiger partial charge on any atom is -0.467 e. The highest BCUT2D eigenvalue weighted by Crippen LogP contribution is 2.44. The van der Waals surface area contributed by atoms with Crippen LogP contribution in [-0.4, -0.2) is 37.0 Å². The zero-order valence-electron chi connectivity index (χ0n) is 10.6. The molecule has 2 aliphatic rings. The van der Waals surface area contributed by atoms with Crippen molar-refractivity contribution in [2.45, 2.75) is 25.8 Å². The first-order chi connectivity index (χ1) is 8.04. The van der Waals surface area contributed by atoms with Crippen LogP contribution in [0.5, 0.6) is 0 Å². The van der Waals surface area contributed by atoms with Crippen LogP contribution in [0.1, 0.15) is 19.8 Å². The molecule has 2 aliphatic carbocycles. The average molecular weight is 237 g/mol. The summed E-state index contributed by atoms with van der Waals surface area (Å²) < 4.78 is 4.66. The summed E-state index contributed by atoms with van der Waals surface area (Å²) in [4.78, 5) is 25.2. The summed E-state index contributed by atoms with van der Waals surface area (Å²) in [5.74, 6) is 0.706. The molecule has 0 radical (unpaired) electrons. The molecule has 1 amide bonds. The van der Waals surface area contributed by atoms with Crippen LogP contribution in [0.25, 0.3) is 0 Å². The summed E-state index contributed by atoms with van der Waals surface area (Å²) in [6.45, 7) is 1.70. The van der Waals surface area contributed by atoms with Gasteiger partial charge in [0.15, 0.2) is 0 Å². The summed E-state index contributed by atoms with van der Waals surface area (Å²) in [5.41, 5.74) is 0. The van der Waals surface area contributed by atoms with Gasteiger partial charge in [-0.1, -0.05) is 12.2 Å². The highest BCUT2D eigenvalue weighted by Gasteiger charge is 2.42. The molecule has 0 aromatic carbocycles. The number of hydrogen-bond acceptors (Lipinski definition) is 3. The second-order valence-corrected chi connectivity index (χ2v) is 5.04. The zero-order valence-corrected chi connectivity index (χ0v) is 10.6. The largest absolute Gasteiger partial charge is 0.467 e. The number of esters is 1. The summed E-state index contributed by atoms with van der Waals surface area (Å²) in [7, 11) is 3.02. The summed E-state index contributed by atoms with van der Waals surface area (Å²) in [5, 5.41) is 0. The lowest BCUT2D eigenvalue weighted by Gasteiger charge is -2.28. The van der Waals surface area contributed by atoms with Crippen molar-refractivity contribution in [1.29, 1.82) is 0 Å². The maximum Gasteiger partial charge on any atom is 0.328 e. The Bertz CT molecular complexity index is 364. The van der Waals surface area contributed by atoms with Crippen molar-refractivity contribution in [2.75, 3.05) is 14.2 Å². The van der Waals surface area contributed by atoms with Crippen molar-refractivity contribution < 1.29 is 14.3 Å². The quantitative estimate of drug-likeness (QED) is 0.547. The predicted molar refractivity (Wildman–Crippen MR) is 63.1 cm³/mol. The number of methoxy groups -OCH3 is 1. The first kappa shape index (κ1) is 12.1. The van der Waals surface area contributed by atoms with Crippen LogP contribution in [0.3, 0.4) is 0 Å². The SMILES string of the molecule is COC(=O)[C@H](C)N(C)C(=O)[C@@H]1C[C@H]2C=C[C@@H]1C2. The third kappa shape index (κ3) is 2.08. The van der Waals surface area contributed by atoms with E-state index >= 15 is 0 Å². The van der Waals surface area contributed by atoms with Gasteiger partial charge in [-0.25, -0.2) is 4.79 Å². The van der Waals surface area contributed by atoms with Crippen molar-refractivity contribution in [1.82, 2.24) is 4.90 Å². The number of rotatable bonds is 3. The fourth-order valence-electron chi connectivity index (χ4n) is 2.85. The zero-order chi connectivity index (χ0) is 12.6. The van der Waals surface area contributed by atoms with Crippen LogP contribution < -0.4 is 0 Å². The molecule has 0 aromatic rings. The Labute approximate surface area is 102 Å². The summed E-state index contributed by atoms with van der Waals surface area (Å²) >= 11 is 0. The predicted octanol–water partition coefficient (Wildman–Crippen LogP) is 1.22. The second kappa shape index (κ2) is 4.51. The Kier molecular flexibility index (Phi) is 3.22. The van der Waals surface area contributed by atoms with Gasteiger partial charge in [-0.2, -0.15) is 0 Å². The van der Waals surface area contributed by atoms with Crippen LogP contribution in [0.15, 0.2) is 12.2 Å². The number of ether oxygens (including phenoxy) is 1. The number of hydrogen-bond donors (Lipinski definition) is 0. The molecule has 2 bridgehead atoms. The van der Waals surface area contributed by atoms with Crippen LogP contribution in [0.4, 0.5) is 0 Å². The molecule has 2 rings (SSSR count). The first-order valence-corrected chi connectivity index (χ1v) is 6.07. The molecule has 0 aliphatic heterocycles. The Morgan fingerprint density at radius 2 is 2.06 bits per heavy atom. The van der Waals surface area contributed by atoms with Crippen molar-refractivity contribution >= 4 is 11.9 Å². The normalized spacial score (nSPS) is 31.4. The van der Waals surface area contributed by atoms with Gasteiger partial charge in [0.2, 0.25) is 5.91 Å². The second-order valence-electron chi connectivity index (χ2n) is 5.04. The van der Waals surface area contributed by atoms with E-state index in [-0.39, 0.29) is 17.8 Å². The van der Waals surface area contributed by atoms with Gasteiger partial charge in [0.1, 0.15) is 6.04 Å². The number of nitrogens with zero attached hydrogens (tertiary/aromatic N) is 1. The fraction of sp³-hybridized carbons (Fsp3) is 0.692. The fourth-order valence-corrected chi connectivity index (χ4v) is 2.85. The molecule has 0 N–H and O–H groups in total. The first-order valence-electron chi connectivity index (χ1n) is 6.07. The van der Waals surface area contributed by atoms with E-state index in [2.05, 4.69) is 16.9 Å². The highest BCUT2D eigenvalue weighted by atomic mass is 16.5. The summed E-state index contributed by atoms with van der Waals surface area (Å²) in [6.07, 6.45) is 6.38. The molecular weight excluding hydrogens is 218 g/mol. The lowest BCUT2D eigenvalue weighted by molar-refractivity contribution is -0.152. The molecule has 94 valence electrons. The third-order valence-corrected chi connectivity index (χ3v) is 4.07. The van der Waals surface area contributed by atoms with Crippen molar-refractivity contribution in [3.8, 4) is 0 Å². The lowest BCUT2D eigenvalue weighted by atomic mass is 9.92. The Balaban J connectivity index is 2.00. The van der Waals surface area contributed by atoms with E-state index in [4.69, 9.17) is 0 Å². The molecule has 0 aromatic heterocycles. The average Bonchev–Trinajstić information content (AvgIpc) is 2.97. The van der Waals surface area contributed by atoms with Gasteiger partial charge in [-0.05, 0) is 31.6 Å². The molecule has 0 heterocycles. The minimum absolute atomic E-state index is 0.0575. The number of amides is 1. The maximum atomic E-state index is 12.3. The van der Waals surface area contributed by atoms with E-state index in [1.807, 2.05) is 0 Å². The number of likely N-dealkylation sites (N-methyl/N-ethyl adjacent to an activating group) is 1. The Morgan fingerprint density at radius 3 is 2.53 bits per heavy atom. The van der Waals surface area contributed by atoms with Crippen LogP contribution >= 0.6 is 0 Å². The van der Waals surface area contributed by atoms with Crippen LogP contribution in [0, 0.1) is 17.8 Å². The Morgan fingerprint density at radius 1 is 1.35 bits per heavy atom. The van der Waals surface area contributed by atoms with Crippen molar-refractivity contribution in [3.05, 3.63) is 12.2 Å². The van der Waals surface area contributed by atoms with Gasteiger partial charge in [0, 0.05) is 13.0 Å². The van der Waals surface area contributed by atoms with Crippen molar-refractivity contribution in [3.63, 3.8) is 0 Å². The van der Waals surface area contributed by atoms with Gasteiger partial charge in [-0.3, -0.25) is 4.79 Å². The van der Waals surface area contributed by atoms with Gasteiger partial charge < -0.3 is 9.64 Å². The molecule has 4 heteroatoms. The maximum absolute atomic E-state index is 12.3. The number of carbonyl (C=O) groups is 2.